The van der Waals surface area contributed by atoms with Gasteiger partial charge in [0.15, 0.2) is 0 Å². The Bertz CT molecular complexity index is 353. The number of rotatable bonds is 5. The summed E-state index contributed by atoms with van der Waals surface area (Å²) < 4.78 is 4.88. The minimum atomic E-state index is -0.189. The third-order valence-corrected chi connectivity index (χ3v) is 2.09. The van der Waals surface area contributed by atoms with Gasteiger partial charge < -0.3 is 4.74 Å². The molecule has 0 aliphatic rings. The molecule has 4 nitrogen and oxygen atoms in total. The molecule has 0 radical (unpaired) electrons. The van der Waals surface area contributed by atoms with Crippen molar-refractivity contribution < 1.29 is 9.53 Å². The zero-order valence-corrected chi connectivity index (χ0v) is 10.1. The van der Waals surface area contributed by atoms with E-state index in [0.29, 0.717) is 19.7 Å². The van der Waals surface area contributed by atoms with Crippen LogP contribution >= 0.6 is 0 Å². The number of hydrogen-bond acceptors (Lipinski definition) is 4. The average Bonchev–Trinajstić information content (AvgIpc) is 2.17. The lowest BCUT2D eigenvalue weighted by atomic mass is 10.2. The smallest absolute Gasteiger partial charge is 0.320 e. The van der Waals surface area contributed by atoms with E-state index >= 15 is 0 Å². The van der Waals surface area contributed by atoms with Gasteiger partial charge in [-0.1, -0.05) is 6.07 Å². The first-order valence-corrected chi connectivity index (χ1v) is 5.36. The zero-order chi connectivity index (χ0) is 12.0. The Morgan fingerprint density at radius 1 is 1.50 bits per heavy atom. The predicted octanol–water partition coefficient (Wildman–Crippen LogP) is 1.38. The van der Waals surface area contributed by atoms with Crippen LogP contribution in [0.4, 0.5) is 0 Å². The average molecular weight is 222 g/mol. The highest BCUT2D eigenvalue weighted by Gasteiger charge is 2.07. The number of aromatic nitrogens is 1. The number of ether oxygens (including phenoxy) is 1. The van der Waals surface area contributed by atoms with Crippen LogP contribution < -0.4 is 0 Å². The molecule has 0 bridgehead atoms. The second kappa shape index (κ2) is 6.23. The maximum atomic E-state index is 11.2. The van der Waals surface area contributed by atoms with Gasteiger partial charge in [-0.25, -0.2) is 0 Å². The van der Waals surface area contributed by atoms with E-state index in [0.717, 1.165) is 11.1 Å². The Hall–Kier alpha value is -1.42. The number of likely N-dealkylation sites (N-methyl/N-ethyl adjacent to an activating group) is 1. The Kier molecular flexibility index (Phi) is 4.92. The van der Waals surface area contributed by atoms with E-state index in [1.54, 1.807) is 0 Å². The summed E-state index contributed by atoms with van der Waals surface area (Å²) in [4.78, 5) is 17.3. The molecule has 0 saturated heterocycles. The van der Waals surface area contributed by atoms with Crippen LogP contribution in [0, 0.1) is 6.92 Å². The van der Waals surface area contributed by atoms with Crippen molar-refractivity contribution in [2.75, 3.05) is 20.2 Å². The molecule has 4 heteroatoms. The van der Waals surface area contributed by atoms with Gasteiger partial charge in [-0.15, -0.1) is 0 Å². The molecular formula is C12H18N2O2. The second-order valence-corrected chi connectivity index (χ2v) is 3.85. The summed E-state index contributed by atoms with van der Waals surface area (Å²) in [6, 6.07) is 2.06. The van der Waals surface area contributed by atoms with Crippen molar-refractivity contribution in [2.45, 2.75) is 20.4 Å². The van der Waals surface area contributed by atoms with Crippen molar-refractivity contribution in [3.05, 3.63) is 29.6 Å². The third kappa shape index (κ3) is 4.40. The first kappa shape index (κ1) is 12.6. The molecule has 0 fully saturated rings. The first-order valence-electron chi connectivity index (χ1n) is 5.36. The molecule has 0 spiro atoms. The minimum absolute atomic E-state index is 0.189. The highest BCUT2D eigenvalue weighted by Crippen LogP contribution is 2.04. The second-order valence-electron chi connectivity index (χ2n) is 3.85. The lowest BCUT2D eigenvalue weighted by molar-refractivity contribution is -0.144. The molecule has 16 heavy (non-hydrogen) atoms. The van der Waals surface area contributed by atoms with Gasteiger partial charge in [0.05, 0.1) is 13.2 Å². The van der Waals surface area contributed by atoms with Gasteiger partial charge in [0.2, 0.25) is 0 Å². The molecular weight excluding hydrogens is 204 g/mol. The van der Waals surface area contributed by atoms with E-state index in [1.165, 1.54) is 0 Å². The first-order chi connectivity index (χ1) is 7.61. The van der Waals surface area contributed by atoms with Crippen molar-refractivity contribution in [3.8, 4) is 0 Å². The van der Waals surface area contributed by atoms with Gasteiger partial charge in [-0.3, -0.25) is 14.7 Å². The zero-order valence-electron chi connectivity index (χ0n) is 10.1. The van der Waals surface area contributed by atoms with Crippen LogP contribution in [-0.4, -0.2) is 36.1 Å². The molecule has 1 aromatic heterocycles. The molecule has 0 amide bonds. The van der Waals surface area contributed by atoms with E-state index < -0.39 is 0 Å². The van der Waals surface area contributed by atoms with Crippen LogP contribution in [0.15, 0.2) is 18.5 Å². The Morgan fingerprint density at radius 2 is 2.25 bits per heavy atom. The topological polar surface area (TPSA) is 42.4 Å². The van der Waals surface area contributed by atoms with Gasteiger partial charge in [0.1, 0.15) is 0 Å². The van der Waals surface area contributed by atoms with Crippen molar-refractivity contribution in [2.24, 2.45) is 0 Å². The van der Waals surface area contributed by atoms with Gasteiger partial charge in [-0.05, 0) is 32.0 Å². The monoisotopic (exact) mass is 222 g/mol. The number of hydrogen-bond donors (Lipinski definition) is 0. The summed E-state index contributed by atoms with van der Waals surface area (Å²) in [5.74, 6) is -0.189. The summed E-state index contributed by atoms with van der Waals surface area (Å²) >= 11 is 0. The molecule has 0 N–H and O–H groups in total. The summed E-state index contributed by atoms with van der Waals surface area (Å²) in [5, 5.41) is 0. The van der Waals surface area contributed by atoms with Gasteiger partial charge in [-0.2, -0.15) is 0 Å². The van der Waals surface area contributed by atoms with Crippen LogP contribution in [0.5, 0.6) is 0 Å². The largest absolute Gasteiger partial charge is 0.465 e. The van der Waals surface area contributed by atoms with Gasteiger partial charge in [0, 0.05) is 18.9 Å². The highest BCUT2D eigenvalue weighted by atomic mass is 16.5. The summed E-state index contributed by atoms with van der Waals surface area (Å²) in [5.41, 5.74) is 2.23. The number of carbonyl (C=O) groups is 1. The van der Waals surface area contributed by atoms with Crippen molar-refractivity contribution in [1.29, 1.82) is 0 Å². The molecule has 0 unspecified atom stereocenters. The summed E-state index contributed by atoms with van der Waals surface area (Å²) in [7, 11) is 1.89. The fraction of sp³-hybridized carbons (Fsp3) is 0.500. The molecule has 0 aromatic carbocycles. The van der Waals surface area contributed by atoms with Crippen LogP contribution in [0.2, 0.25) is 0 Å². The number of pyridine rings is 1. The molecule has 0 atom stereocenters. The maximum Gasteiger partial charge on any atom is 0.320 e. The molecule has 0 aliphatic carbocycles. The predicted molar refractivity (Wildman–Crippen MR) is 61.9 cm³/mol. The lowest BCUT2D eigenvalue weighted by Gasteiger charge is -2.15. The molecule has 0 aliphatic heterocycles. The van der Waals surface area contributed by atoms with Gasteiger partial charge in [0.25, 0.3) is 0 Å². The lowest BCUT2D eigenvalue weighted by Crippen LogP contribution is -2.27. The van der Waals surface area contributed by atoms with Crippen molar-refractivity contribution in [3.63, 3.8) is 0 Å². The van der Waals surface area contributed by atoms with E-state index in [9.17, 15) is 4.79 Å². The molecule has 88 valence electrons. The summed E-state index contributed by atoms with van der Waals surface area (Å²) in [6.45, 7) is 5.25. The SMILES string of the molecule is CCOC(=O)CN(C)Cc1cncc(C)c1. The highest BCUT2D eigenvalue weighted by molar-refractivity contribution is 5.71. The Morgan fingerprint density at radius 3 is 2.88 bits per heavy atom. The van der Waals surface area contributed by atoms with Crippen LogP contribution in [0.3, 0.4) is 0 Å². The Labute approximate surface area is 96.2 Å². The molecule has 0 saturated carbocycles. The van der Waals surface area contributed by atoms with Gasteiger partial charge >= 0.3 is 5.97 Å². The van der Waals surface area contributed by atoms with Crippen LogP contribution in [-0.2, 0) is 16.1 Å². The number of aryl methyl sites for hydroxylation is 1. The number of esters is 1. The van der Waals surface area contributed by atoms with E-state index in [-0.39, 0.29) is 5.97 Å². The Balaban J connectivity index is 2.45. The van der Waals surface area contributed by atoms with Crippen LogP contribution in [0.25, 0.3) is 0 Å². The number of carbonyl (C=O) groups excluding carboxylic acids is 1. The fourth-order valence-corrected chi connectivity index (χ4v) is 1.50. The summed E-state index contributed by atoms with van der Waals surface area (Å²) in [6.07, 6.45) is 3.63. The van der Waals surface area contributed by atoms with Crippen molar-refractivity contribution in [1.82, 2.24) is 9.88 Å². The number of nitrogens with zero attached hydrogens (tertiary/aromatic N) is 2. The molecule has 1 aromatic rings. The van der Waals surface area contributed by atoms with E-state index in [4.69, 9.17) is 4.74 Å². The fourth-order valence-electron chi connectivity index (χ4n) is 1.50. The van der Waals surface area contributed by atoms with E-state index in [1.807, 2.05) is 38.2 Å². The normalized spacial score (nSPS) is 10.5. The van der Waals surface area contributed by atoms with Crippen LogP contribution in [0.1, 0.15) is 18.1 Å². The standard InChI is InChI=1S/C12H18N2O2/c1-4-16-12(15)9-14(3)8-11-5-10(2)6-13-7-11/h5-7H,4,8-9H2,1-3H3. The quantitative estimate of drug-likeness (QED) is 0.706. The molecule has 1 rings (SSSR count). The maximum absolute atomic E-state index is 11.2. The minimum Gasteiger partial charge on any atom is -0.465 e. The third-order valence-electron chi connectivity index (χ3n) is 2.09. The van der Waals surface area contributed by atoms with Crippen molar-refractivity contribution >= 4 is 5.97 Å². The molecule has 1 heterocycles. The van der Waals surface area contributed by atoms with E-state index in [2.05, 4.69) is 11.1 Å².